The van der Waals surface area contributed by atoms with Gasteiger partial charge in [0.15, 0.2) is 0 Å². The number of nitrogens with one attached hydrogen (secondary N) is 1. The van der Waals surface area contributed by atoms with Crippen molar-refractivity contribution in [2.24, 2.45) is 0 Å². The van der Waals surface area contributed by atoms with Crippen molar-refractivity contribution in [1.29, 1.82) is 0 Å². The highest BCUT2D eigenvalue weighted by molar-refractivity contribution is 7.99. The number of carbonyl (C=O) groups is 1. The van der Waals surface area contributed by atoms with Crippen LogP contribution in [0, 0.1) is 0 Å². The quantitative estimate of drug-likeness (QED) is 0.841. The third-order valence-corrected chi connectivity index (χ3v) is 3.34. The van der Waals surface area contributed by atoms with Gasteiger partial charge in [0.05, 0.1) is 5.51 Å². The van der Waals surface area contributed by atoms with Crippen molar-refractivity contribution in [3.8, 4) is 0 Å². The molecule has 1 amide bonds. The zero-order valence-electron chi connectivity index (χ0n) is 8.32. The van der Waals surface area contributed by atoms with Crippen LogP contribution in [-0.4, -0.2) is 28.4 Å². The average Bonchev–Trinajstić information content (AvgIpc) is 2.67. The monoisotopic (exact) mass is 230 g/mol. The molecule has 5 heteroatoms. The normalized spacial score (nSPS) is 12.4. The first-order chi connectivity index (χ1) is 6.74. The lowest BCUT2D eigenvalue weighted by Crippen LogP contribution is -2.34. The van der Waals surface area contributed by atoms with Crippen LogP contribution in [0.1, 0.15) is 24.3 Å². The number of aromatic nitrogens is 1. The third-order valence-electron chi connectivity index (χ3n) is 1.61. The molecule has 1 unspecified atom stereocenters. The lowest BCUT2D eigenvalue weighted by molar-refractivity contribution is 0.0939. The maximum Gasteiger partial charge on any atom is 0.270 e. The molecule has 0 aliphatic carbocycles. The molecule has 1 heterocycles. The van der Waals surface area contributed by atoms with Crippen LogP contribution in [0.3, 0.4) is 0 Å². The van der Waals surface area contributed by atoms with E-state index < -0.39 is 0 Å². The van der Waals surface area contributed by atoms with Gasteiger partial charge in [0.1, 0.15) is 5.69 Å². The first kappa shape index (κ1) is 11.5. The number of hydrogen-bond acceptors (Lipinski definition) is 4. The summed E-state index contributed by atoms with van der Waals surface area (Å²) in [7, 11) is 0. The molecule has 0 fully saturated rings. The molecule has 14 heavy (non-hydrogen) atoms. The van der Waals surface area contributed by atoms with Gasteiger partial charge in [0.25, 0.3) is 5.91 Å². The highest BCUT2D eigenvalue weighted by atomic mass is 32.2. The SMILES string of the molecule is CCSCC(C)NC(=O)c1cscn1. The van der Waals surface area contributed by atoms with Crippen LogP contribution in [0.5, 0.6) is 0 Å². The van der Waals surface area contributed by atoms with Crippen LogP contribution in [-0.2, 0) is 0 Å². The summed E-state index contributed by atoms with van der Waals surface area (Å²) in [6.45, 7) is 4.12. The van der Waals surface area contributed by atoms with Gasteiger partial charge in [0, 0.05) is 17.2 Å². The molecule has 0 aromatic carbocycles. The second-order valence-electron chi connectivity index (χ2n) is 2.91. The van der Waals surface area contributed by atoms with Gasteiger partial charge in [-0.2, -0.15) is 11.8 Å². The fourth-order valence-corrected chi connectivity index (χ4v) is 2.16. The summed E-state index contributed by atoms with van der Waals surface area (Å²) >= 11 is 3.26. The molecule has 78 valence electrons. The molecule has 1 rings (SSSR count). The number of nitrogens with zero attached hydrogens (tertiary/aromatic N) is 1. The molecule has 0 spiro atoms. The van der Waals surface area contributed by atoms with Crippen LogP contribution < -0.4 is 5.32 Å². The largest absolute Gasteiger partial charge is 0.347 e. The number of carbonyl (C=O) groups excluding carboxylic acids is 1. The standard InChI is InChI=1S/C9H14N2OS2/c1-3-13-4-7(2)11-9(12)8-5-14-6-10-8/h5-7H,3-4H2,1-2H3,(H,11,12). The minimum atomic E-state index is -0.0737. The minimum absolute atomic E-state index is 0.0737. The predicted molar refractivity (Wildman–Crippen MR) is 62.0 cm³/mol. The third kappa shape index (κ3) is 3.67. The Balaban J connectivity index is 2.34. The van der Waals surface area contributed by atoms with E-state index in [4.69, 9.17) is 0 Å². The summed E-state index contributed by atoms with van der Waals surface area (Å²) in [6.07, 6.45) is 0. The molecule has 1 atom stereocenters. The molecular weight excluding hydrogens is 216 g/mol. The van der Waals surface area contributed by atoms with Crippen molar-refractivity contribution in [2.45, 2.75) is 19.9 Å². The van der Waals surface area contributed by atoms with Gasteiger partial charge < -0.3 is 5.32 Å². The lowest BCUT2D eigenvalue weighted by Gasteiger charge is -2.11. The van der Waals surface area contributed by atoms with E-state index in [-0.39, 0.29) is 11.9 Å². The molecule has 0 radical (unpaired) electrons. The van der Waals surface area contributed by atoms with Crippen molar-refractivity contribution in [2.75, 3.05) is 11.5 Å². The number of thiazole rings is 1. The first-order valence-electron chi connectivity index (χ1n) is 4.50. The lowest BCUT2D eigenvalue weighted by atomic mass is 10.3. The summed E-state index contributed by atoms with van der Waals surface area (Å²) in [5.74, 6) is 1.96. The Morgan fingerprint density at radius 2 is 2.57 bits per heavy atom. The zero-order chi connectivity index (χ0) is 10.4. The van der Waals surface area contributed by atoms with Crippen LogP contribution >= 0.6 is 23.1 Å². The van der Waals surface area contributed by atoms with Crippen molar-refractivity contribution in [1.82, 2.24) is 10.3 Å². The Morgan fingerprint density at radius 3 is 3.14 bits per heavy atom. The van der Waals surface area contributed by atoms with Gasteiger partial charge in [-0.05, 0) is 12.7 Å². The van der Waals surface area contributed by atoms with Gasteiger partial charge in [0.2, 0.25) is 0 Å². The number of hydrogen-bond donors (Lipinski definition) is 1. The molecule has 1 aromatic heterocycles. The molecule has 0 bridgehead atoms. The van der Waals surface area contributed by atoms with E-state index in [0.29, 0.717) is 5.69 Å². The summed E-state index contributed by atoms with van der Waals surface area (Å²) in [4.78, 5) is 15.5. The van der Waals surface area contributed by atoms with Crippen molar-refractivity contribution in [3.05, 3.63) is 16.6 Å². The van der Waals surface area contributed by atoms with Gasteiger partial charge in [-0.1, -0.05) is 6.92 Å². The number of amides is 1. The van der Waals surface area contributed by atoms with Crippen LogP contribution in [0.2, 0.25) is 0 Å². The predicted octanol–water partition coefficient (Wildman–Crippen LogP) is 2.01. The van der Waals surface area contributed by atoms with Crippen molar-refractivity contribution < 1.29 is 4.79 Å². The first-order valence-corrected chi connectivity index (χ1v) is 6.60. The molecule has 1 N–H and O–H groups in total. The Bertz CT molecular complexity index is 274. The Morgan fingerprint density at radius 1 is 1.79 bits per heavy atom. The Hall–Kier alpha value is -0.550. The average molecular weight is 230 g/mol. The van der Waals surface area contributed by atoms with Gasteiger partial charge >= 0.3 is 0 Å². The molecular formula is C9H14N2OS2. The van der Waals surface area contributed by atoms with Crippen molar-refractivity contribution >= 4 is 29.0 Å². The number of rotatable bonds is 5. The van der Waals surface area contributed by atoms with Gasteiger partial charge in [-0.3, -0.25) is 4.79 Å². The fraction of sp³-hybridized carbons (Fsp3) is 0.556. The summed E-state index contributed by atoms with van der Waals surface area (Å²) in [6, 6.07) is 0.203. The minimum Gasteiger partial charge on any atom is -0.347 e. The van der Waals surface area contributed by atoms with E-state index in [0.717, 1.165) is 11.5 Å². The van der Waals surface area contributed by atoms with E-state index in [1.165, 1.54) is 11.3 Å². The van der Waals surface area contributed by atoms with E-state index in [9.17, 15) is 4.79 Å². The number of thioether (sulfide) groups is 1. The molecule has 0 saturated carbocycles. The molecule has 0 saturated heterocycles. The highest BCUT2D eigenvalue weighted by Gasteiger charge is 2.10. The Kier molecular flexibility index (Phi) is 4.97. The molecule has 0 aliphatic heterocycles. The van der Waals surface area contributed by atoms with Crippen molar-refractivity contribution in [3.63, 3.8) is 0 Å². The second-order valence-corrected chi connectivity index (χ2v) is 4.95. The van der Waals surface area contributed by atoms with E-state index in [2.05, 4.69) is 17.2 Å². The van der Waals surface area contributed by atoms with Crippen LogP contribution in [0.15, 0.2) is 10.9 Å². The van der Waals surface area contributed by atoms with Crippen LogP contribution in [0.25, 0.3) is 0 Å². The van der Waals surface area contributed by atoms with E-state index >= 15 is 0 Å². The van der Waals surface area contributed by atoms with Gasteiger partial charge in [-0.15, -0.1) is 11.3 Å². The second kappa shape index (κ2) is 6.03. The zero-order valence-corrected chi connectivity index (χ0v) is 9.95. The van der Waals surface area contributed by atoms with Crippen LogP contribution in [0.4, 0.5) is 0 Å². The maximum absolute atomic E-state index is 11.5. The van der Waals surface area contributed by atoms with E-state index in [1.807, 2.05) is 18.7 Å². The molecule has 3 nitrogen and oxygen atoms in total. The topological polar surface area (TPSA) is 42.0 Å². The highest BCUT2D eigenvalue weighted by Crippen LogP contribution is 2.04. The summed E-state index contributed by atoms with van der Waals surface area (Å²) in [5, 5.41) is 4.66. The smallest absolute Gasteiger partial charge is 0.270 e. The molecule has 1 aromatic rings. The molecule has 0 aliphatic rings. The summed E-state index contributed by atoms with van der Waals surface area (Å²) < 4.78 is 0. The summed E-state index contributed by atoms with van der Waals surface area (Å²) in [5.41, 5.74) is 2.18. The Labute approximate surface area is 92.3 Å². The fourth-order valence-electron chi connectivity index (χ4n) is 0.959. The van der Waals surface area contributed by atoms with Gasteiger partial charge in [-0.25, -0.2) is 4.98 Å². The van der Waals surface area contributed by atoms with E-state index in [1.54, 1.807) is 10.9 Å². The maximum atomic E-state index is 11.5.